The van der Waals surface area contributed by atoms with Crippen LogP contribution < -0.4 is 5.32 Å². The van der Waals surface area contributed by atoms with Gasteiger partial charge in [-0.1, -0.05) is 37.5 Å². The molecule has 3 aromatic rings. The van der Waals surface area contributed by atoms with E-state index in [1.54, 1.807) is 17.2 Å². The van der Waals surface area contributed by atoms with Crippen LogP contribution in [0, 0.1) is 5.41 Å². The third kappa shape index (κ3) is 3.56. The van der Waals surface area contributed by atoms with Gasteiger partial charge in [0.25, 0.3) is 0 Å². The number of aromatic nitrogens is 5. The van der Waals surface area contributed by atoms with Crippen LogP contribution in [0.15, 0.2) is 42.9 Å². The Morgan fingerprint density at radius 3 is 2.81 bits per heavy atom. The Hall–Kier alpha value is -2.83. The number of tetrazole rings is 1. The number of carbonyl (C=O) groups is 1. The van der Waals surface area contributed by atoms with Gasteiger partial charge in [-0.3, -0.25) is 9.78 Å². The van der Waals surface area contributed by atoms with Gasteiger partial charge in [0, 0.05) is 18.0 Å². The Kier molecular flexibility index (Phi) is 4.60. The first kappa shape index (κ1) is 16.6. The molecule has 2 aromatic heterocycles. The van der Waals surface area contributed by atoms with E-state index in [4.69, 9.17) is 0 Å². The van der Waals surface area contributed by atoms with E-state index in [0.717, 1.165) is 42.3 Å². The van der Waals surface area contributed by atoms with Crippen LogP contribution >= 0.6 is 0 Å². The summed E-state index contributed by atoms with van der Waals surface area (Å²) in [5.41, 5.74) is 1.50. The highest BCUT2D eigenvalue weighted by Crippen LogP contribution is 2.41. The predicted octanol–water partition coefficient (Wildman–Crippen LogP) is 3.20. The van der Waals surface area contributed by atoms with Crippen molar-refractivity contribution in [2.75, 3.05) is 5.32 Å². The summed E-state index contributed by atoms with van der Waals surface area (Å²) in [5, 5.41) is 15.5. The van der Waals surface area contributed by atoms with Gasteiger partial charge in [0.05, 0.1) is 17.7 Å². The van der Waals surface area contributed by atoms with Gasteiger partial charge in [-0.25, -0.2) is 4.68 Å². The molecule has 7 nitrogen and oxygen atoms in total. The summed E-state index contributed by atoms with van der Waals surface area (Å²) >= 11 is 0. The van der Waals surface area contributed by atoms with Crippen molar-refractivity contribution >= 4 is 22.5 Å². The zero-order valence-corrected chi connectivity index (χ0v) is 14.6. The van der Waals surface area contributed by atoms with E-state index in [1.165, 1.54) is 6.42 Å². The maximum absolute atomic E-state index is 12.9. The number of amides is 1. The first-order valence-corrected chi connectivity index (χ1v) is 9.09. The highest BCUT2D eigenvalue weighted by Gasteiger charge is 2.35. The van der Waals surface area contributed by atoms with Crippen LogP contribution in [0.25, 0.3) is 10.9 Å². The average Bonchev–Trinajstić information content (AvgIpc) is 3.15. The van der Waals surface area contributed by atoms with Crippen LogP contribution in [0.3, 0.4) is 0 Å². The summed E-state index contributed by atoms with van der Waals surface area (Å²) in [4.78, 5) is 17.3. The number of para-hydroxylation sites is 1. The maximum Gasteiger partial charge on any atom is 0.225 e. The molecule has 7 heteroatoms. The molecule has 0 aliphatic heterocycles. The topological polar surface area (TPSA) is 85.6 Å². The molecule has 2 heterocycles. The molecule has 4 rings (SSSR count). The first-order chi connectivity index (χ1) is 12.7. The minimum absolute atomic E-state index is 0.0260. The summed E-state index contributed by atoms with van der Waals surface area (Å²) < 4.78 is 1.75. The maximum atomic E-state index is 12.9. The minimum atomic E-state index is -0.0876. The molecule has 0 spiro atoms. The van der Waals surface area contributed by atoms with Crippen LogP contribution in [0.5, 0.6) is 0 Å². The molecule has 1 aliphatic rings. The number of carbonyl (C=O) groups excluding carboxylic acids is 1. The lowest BCUT2D eigenvalue weighted by Crippen LogP contribution is -2.34. The SMILES string of the molecule is O=C(CC1(Cn2cnnn2)CCCCC1)Nc1cccc2cccnc12. The molecule has 0 bridgehead atoms. The van der Waals surface area contributed by atoms with Crippen molar-refractivity contribution in [2.24, 2.45) is 5.41 Å². The zero-order chi connectivity index (χ0) is 17.8. The molecule has 1 fully saturated rings. The number of nitrogens with zero attached hydrogens (tertiary/aromatic N) is 5. The van der Waals surface area contributed by atoms with Crippen LogP contribution in [-0.4, -0.2) is 31.1 Å². The number of anilines is 1. The number of pyridine rings is 1. The second-order valence-corrected chi connectivity index (χ2v) is 7.17. The Balaban J connectivity index is 1.52. The van der Waals surface area contributed by atoms with Crippen LogP contribution in [0.2, 0.25) is 0 Å². The van der Waals surface area contributed by atoms with Crippen molar-refractivity contribution in [3.05, 3.63) is 42.9 Å². The fraction of sp³-hybridized carbons (Fsp3) is 0.421. The van der Waals surface area contributed by atoms with Crippen molar-refractivity contribution in [2.45, 2.75) is 45.1 Å². The van der Waals surface area contributed by atoms with Crippen LogP contribution in [0.1, 0.15) is 38.5 Å². The molecule has 0 saturated heterocycles. The molecule has 1 N–H and O–H groups in total. The van der Waals surface area contributed by atoms with Crippen LogP contribution in [0.4, 0.5) is 5.69 Å². The Bertz CT molecular complexity index is 881. The number of rotatable bonds is 5. The number of hydrogen-bond donors (Lipinski definition) is 1. The smallest absolute Gasteiger partial charge is 0.225 e. The highest BCUT2D eigenvalue weighted by molar-refractivity contribution is 6.00. The normalized spacial score (nSPS) is 16.5. The molecule has 0 radical (unpaired) electrons. The monoisotopic (exact) mass is 350 g/mol. The summed E-state index contributed by atoms with van der Waals surface area (Å²) in [6.07, 6.45) is 9.40. The quantitative estimate of drug-likeness (QED) is 0.764. The first-order valence-electron chi connectivity index (χ1n) is 9.09. The number of nitrogens with one attached hydrogen (secondary N) is 1. The fourth-order valence-corrected chi connectivity index (χ4v) is 4.03. The second kappa shape index (κ2) is 7.19. The molecule has 1 amide bonds. The summed E-state index contributed by atoms with van der Waals surface area (Å²) in [5.74, 6) is 0.0260. The molecule has 0 unspecified atom stereocenters. The van der Waals surface area contributed by atoms with Crippen molar-refractivity contribution in [1.29, 1.82) is 0 Å². The zero-order valence-electron chi connectivity index (χ0n) is 14.6. The number of fused-ring (bicyclic) bond motifs is 1. The van der Waals surface area contributed by atoms with E-state index in [-0.39, 0.29) is 11.3 Å². The molecule has 1 aromatic carbocycles. The van der Waals surface area contributed by atoms with E-state index in [9.17, 15) is 4.79 Å². The molecule has 26 heavy (non-hydrogen) atoms. The van der Waals surface area contributed by atoms with Gasteiger partial charge >= 0.3 is 0 Å². The fourth-order valence-electron chi connectivity index (χ4n) is 4.03. The highest BCUT2D eigenvalue weighted by atomic mass is 16.1. The third-order valence-electron chi connectivity index (χ3n) is 5.25. The molecule has 1 aliphatic carbocycles. The van der Waals surface area contributed by atoms with E-state index in [2.05, 4.69) is 25.8 Å². The largest absolute Gasteiger partial charge is 0.324 e. The van der Waals surface area contributed by atoms with Gasteiger partial charge in [0.15, 0.2) is 0 Å². The van der Waals surface area contributed by atoms with Crippen molar-refractivity contribution < 1.29 is 4.79 Å². The summed E-state index contributed by atoms with van der Waals surface area (Å²) in [6, 6.07) is 9.74. The van der Waals surface area contributed by atoms with Gasteiger partial charge in [0.1, 0.15) is 6.33 Å². The predicted molar refractivity (Wildman–Crippen MR) is 98.3 cm³/mol. The van der Waals surface area contributed by atoms with Crippen molar-refractivity contribution in [1.82, 2.24) is 25.2 Å². The number of benzene rings is 1. The molecule has 134 valence electrons. The Morgan fingerprint density at radius 1 is 1.15 bits per heavy atom. The van der Waals surface area contributed by atoms with Gasteiger partial charge in [-0.15, -0.1) is 5.10 Å². The van der Waals surface area contributed by atoms with Gasteiger partial charge < -0.3 is 5.32 Å². The summed E-state index contributed by atoms with van der Waals surface area (Å²) in [7, 11) is 0. The lowest BCUT2D eigenvalue weighted by Gasteiger charge is -2.36. The Morgan fingerprint density at radius 2 is 2.00 bits per heavy atom. The lowest BCUT2D eigenvalue weighted by molar-refractivity contribution is -0.119. The van der Waals surface area contributed by atoms with E-state index < -0.39 is 0 Å². The van der Waals surface area contributed by atoms with Crippen molar-refractivity contribution in [3.63, 3.8) is 0 Å². The average molecular weight is 350 g/mol. The van der Waals surface area contributed by atoms with Crippen LogP contribution in [-0.2, 0) is 11.3 Å². The van der Waals surface area contributed by atoms with E-state index in [1.807, 2.05) is 30.3 Å². The van der Waals surface area contributed by atoms with Gasteiger partial charge in [-0.2, -0.15) is 0 Å². The van der Waals surface area contributed by atoms with Gasteiger partial charge in [-0.05, 0) is 40.8 Å². The standard InChI is InChI=1S/C19H22N6O/c26-17(22-16-8-4-6-15-7-5-11-20-18(15)16)12-19(9-2-1-3-10-19)13-25-14-21-23-24-25/h4-8,11,14H,1-3,9-10,12-13H2,(H,22,26). The number of hydrogen-bond acceptors (Lipinski definition) is 5. The van der Waals surface area contributed by atoms with Gasteiger partial charge in [0.2, 0.25) is 5.91 Å². The summed E-state index contributed by atoms with van der Waals surface area (Å²) in [6.45, 7) is 0.682. The van der Waals surface area contributed by atoms with Crippen molar-refractivity contribution in [3.8, 4) is 0 Å². The lowest BCUT2D eigenvalue weighted by atomic mass is 9.71. The van der Waals surface area contributed by atoms with E-state index in [0.29, 0.717) is 13.0 Å². The molecular formula is C19H22N6O. The Labute approximate surface area is 151 Å². The minimum Gasteiger partial charge on any atom is -0.324 e. The van der Waals surface area contributed by atoms with E-state index >= 15 is 0 Å². The molecule has 0 atom stereocenters. The molecule has 1 saturated carbocycles. The second-order valence-electron chi connectivity index (χ2n) is 7.17. The molecular weight excluding hydrogens is 328 g/mol. The third-order valence-corrected chi connectivity index (χ3v) is 5.25.